The molecule has 1 fully saturated rings. The van der Waals surface area contributed by atoms with Crippen molar-refractivity contribution >= 4 is 21.8 Å². The lowest BCUT2D eigenvalue weighted by molar-refractivity contribution is 0.674. The predicted octanol–water partition coefficient (Wildman–Crippen LogP) is 0.226. The van der Waals surface area contributed by atoms with Gasteiger partial charge in [0.05, 0.1) is 22.1 Å². The number of pyridine rings is 1. The van der Waals surface area contributed by atoms with Crippen LogP contribution in [-0.4, -0.2) is 24.0 Å². The first kappa shape index (κ1) is 8.58. The number of rotatable bonds is 0. The lowest BCUT2D eigenvalue weighted by Crippen LogP contribution is -2.19. The van der Waals surface area contributed by atoms with Crippen molar-refractivity contribution in [3.05, 3.63) is 28.7 Å². The molecule has 80 valence electrons. The highest BCUT2D eigenvalue weighted by atomic mass is 32.2. The lowest BCUT2D eigenvalue weighted by Gasteiger charge is -2.05. The fourth-order valence-electron chi connectivity index (χ4n) is 2.24. The van der Waals surface area contributed by atoms with Crippen molar-refractivity contribution in [1.29, 1.82) is 0 Å². The van der Waals surface area contributed by atoms with Crippen molar-refractivity contribution in [3.8, 4) is 0 Å². The Morgan fingerprint density at radius 3 is 3.19 bits per heavy atom. The molecule has 0 amide bonds. The van der Waals surface area contributed by atoms with Crippen molar-refractivity contribution in [2.45, 2.75) is 22.9 Å². The Kier molecular flexibility index (Phi) is 1.38. The maximum atomic E-state index is 12.0. The van der Waals surface area contributed by atoms with E-state index in [1.807, 2.05) is 0 Å². The zero-order valence-electron chi connectivity index (χ0n) is 8.16. The molecule has 2 bridgehead atoms. The molecule has 2 aromatic heterocycles. The molecule has 1 saturated carbocycles. The quantitative estimate of drug-likeness (QED) is 0.611. The number of nitrogens with zero attached hydrogens (tertiary/aromatic N) is 3. The van der Waals surface area contributed by atoms with Crippen LogP contribution in [-0.2, 0) is 10.8 Å². The van der Waals surface area contributed by atoms with Gasteiger partial charge in [0.2, 0.25) is 5.16 Å². The van der Waals surface area contributed by atoms with Gasteiger partial charge in [-0.05, 0) is 12.5 Å². The first-order valence-corrected chi connectivity index (χ1v) is 6.26. The third-order valence-corrected chi connectivity index (χ3v) is 4.74. The van der Waals surface area contributed by atoms with Crippen molar-refractivity contribution in [3.63, 3.8) is 0 Å². The van der Waals surface area contributed by atoms with Crippen LogP contribution in [0.2, 0.25) is 0 Å². The van der Waals surface area contributed by atoms with E-state index in [1.54, 1.807) is 16.8 Å². The van der Waals surface area contributed by atoms with Crippen molar-refractivity contribution in [2.24, 2.45) is 0 Å². The summed E-state index contributed by atoms with van der Waals surface area (Å²) in [4.78, 5) is 20.1. The number of aromatic nitrogens is 3. The molecule has 0 aromatic carbocycles. The van der Waals surface area contributed by atoms with Gasteiger partial charge in [0.15, 0.2) is 0 Å². The SMILES string of the molecule is O=c1ccc2cnc3nc2n1C1CC1S3=O. The van der Waals surface area contributed by atoms with Crippen LogP contribution < -0.4 is 5.56 Å². The third-order valence-electron chi connectivity index (χ3n) is 3.13. The molecular weight excluding hydrogens is 226 g/mol. The Bertz CT molecular complexity index is 709. The van der Waals surface area contributed by atoms with Gasteiger partial charge >= 0.3 is 0 Å². The molecule has 3 atom stereocenters. The molecule has 5 nitrogen and oxygen atoms in total. The van der Waals surface area contributed by atoms with E-state index in [0.29, 0.717) is 10.8 Å². The van der Waals surface area contributed by atoms with E-state index in [9.17, 15) is 9.00 Å². The molecule has 16 heavy (non-hydrogen) atoms. The van der Waals surface area contributed by atoms with E-state index >= 15 is 0 Å². The summed E-state index contributed by atoms with van der Waals surface area (Å²) < 4.78 is 13.6. The second-order valence-electron chi connectivity index (χ2n) is 4.11. The predicted molar refractivity (Wildman–Crippen MR) is 57.6 cm³/mol. The van der Waals surface area contributed by atoms with Gasteiger partial charge < -0.3 is 0 Å². The summed E-state index contributed by atoms with van der Waals surface area (Å²) in [5.41, 5.74) is 0.555. The molecule has 1 aliphatic heterocycles. The van der Waals surface area contributed by atoms with Crippen LogP contribution >= 0.6 is 0 Å². The summed E-state index contributed by atoms with van der Waals surface area (Å²) in [7, 11) is -1.16. The first-order valence-electron chi connectivity index (χ1n) is 5.04. The smallest absolute Gasteiger partial charge is 0.252 e. The van der Waals surface area contributed by atoms with Crippen molar-refractivity contribution in [2.75, 3.05) is 0 Å². The van der Waals surface area contributed by atoms with Crippen LogP contribution in [0.15, 0.2) is 28.3 Å². The van der Waals surface area contributed by atoms with Crippen molar-refractivity contribution < 1.29 is 4.21 Å². The molecule has 6 heteroatoms. The highest BCUT2D eigenvalue weighted by Gasteiger charge is 2.47. The first-order chi connectivity index (χ1) is 7.75. The Morgan fingerprint density at radius 1 is 1.44 bits per heavy atom. The Hall–Kier alpha value is -1.56. The summed E-state index contributed by atoms with van der Waals surface area (Å²) in [6, 6.07) is 3.28. The highest BCUT2D eigenvalue weighted by Crippen LogP contribution is 2.43. The minimum absolute atomic E-state index is 0.0169. The molecule has 2 aliphatic rings. The van der Waals surface area contributed by atoms with E-state index in [0.717, 1.165) is 11.8 Å². The number of hydrogen-bond donors (Lipinski definition) is 0. The van der Waals surface area contributed by atoms with Gasteiger partial charge in [-0.25, -0.2) is 9.97 Å². The molecule has 3 unspecified atom stereocenters. The van der Waals surface area contributed by atoms with Crippen LogP contribution in [0.5, 0.6) is 0 Å². The monoisotopic (exact) mass is 233 g/mol. The molecular formula is C10H7N3O2S. The van der Waals surface area contributed by atoms with Crippen LogP contribution in [0.25, 0.3) is 11.0 Å². The van der Waals surface area contributed by atoms with Gasteiger partial charge in [0.25, 0.3) is 5.56 Å². The summed E-state index contributed by atoms with van der Waals surface area (Å²) in [6.45, 7) is 0. The van der Waals surface area contributed by atoms with E-state index in [-0.39, 0.29) is 16.9 Å². The van der Waals surface area contributed by atoms with Crippen LogP contribution in [0, 0.1) is 0 Å². The zero-order valence-corrected chi connectivity index (χ0v) is 8.98. The summed E-state index contributed by atoms with van der Waals surface area (Å²) in [6.07, 6.45) is 2.42. The third kappa shape index (κ3) is 0.904. The molecule has 1 aliphatic carbocycles. The summed E-state index contributed by atoms with van der Waals surface area (Å²) >= 11 is 0. The fourth-order valence-corrected chi connectivity index (χ4v) is 3.62. The van der Waals surface area contributed by atoms with Crippen LogP contribution in [0.3, 0.4) is 0 Å². The molecule has 0 N–H and O–H groups in total. The van der Waals surface area contributed by atoms with Gasteiger partial charge in [-0.15, -0.1) is 0 Å². The molecule has 0 radical (unpaired) electrons. The van der Waals surface area contributed by atoms with Gasteiger partial charge in [-0.2, -0.15) is 0 Å². The zero-order chi connectivity index (χ0) is 10.9. The summed E-state index contributed by atoms with van der Waals surface area (Å²) in [5, 5.41) is 1.20. The van der Waals surface area contributed by atoms with E-state index < -0.39 is 10.8 Å². The average molecular weight is 233 g/mol. The topological polar surface area (TPSA) is 64.8 Å². The molecule has 2 aromatic rings. The van der Waals surface area contributed by atoms with Crippen LogP contribution in [0.1, 0.15) is 12.5 Å². The summed E-state index contributed by atoms with van der Waals surface area (Å²) in [5.74, 6) is 0. The normalized spacial score (nSPS) is 30.1. The average Bonchev–Trinajstić information content (AvgIpc) is 3.06. The van der Waals surface area contributed by atoms with Gasteiger partial charge in [-0.1, -0.05) is 0 Å². The van der Waals surface area contributed by atoms with Crippen LogP contribution in [0.4, 0.5) is 0 Å². The fraction of sp³-hybridized carbons (Fsp3) is 0.300. The largest absolute Gasteiger partial charge is 0.288 e. The van der Waals surface area contributed by atoms with Gasteiger partial charge in [-0.3, -0.25) is 13.6 Å². The molecule has 0 spiro atoms. The highest BCUT2D eigenvalue weighted by molar-refractivity contribution is 7.85. The van der Waals surface area contributed by atoms with E-state index in [1.165, 1.54) is 6.07 Å². The minimum Gasteiger partial charge on any atom is -0.288 e. The van der Waals surface area contributed by atoms with E-state index in [2.05, 4.69) is 9.97 Å². The minimum atomic E-state index is -1.16. The molecule has 0 saturated heterocycles. The lowest BCUT2D eigenvalue weighted by atomic mass is 10.3. The Balaban J connectivity index is 2.24. The molecule has 4 rings (SSSR count). The second-order valence-corrected chi connectivity index (χ2v) is 5.68. The maximum Gasteiger partial charge on any atom is 0.252 e. The maximum absolute atomic E-state index is 12.0. The Morgan fingerprint density at radius 2 is 2.31 bits per heavy atom. The number of hydrogen-bond acceptors (Lipinski definition) is 4. The standard InChI is InChI=1S/C10H7N3O2S/c14-8-2-1-5-4-11-10-12-9(5)13(8)6-3-7(6)16(10)15/h1-2,4,6-7H,3H2. The van der Waals surface area contributed by atoms with E-state index in [4.69, 9.17) is 0 Å². The van der Waals surface area contributed by atoms with Gasteiger partial charge in [0.1, 0.15) is 5.65 Å². The molecule has 3 heterocycles. The number of fused-ring (bicyclic) bond motifs is 3. The Labute approximate surface area is 92.6 Å². The second kappa shape index (κ2) is 2.57. The van der Waals surface area contributed by atoms with Gasteiger partial charge in [0, 0.05) is 17.6 Å². The van der Waals surface area contributed by atoms with Crippen molar-refractivity contribution in [1.82, 2.24) is 14.5 Å².